The van der Waals surface area contributed by atoms with Gasteiger partial charge in [-0.25, -0.2) is 4.79 Å². The van der Waals surface area contributed by atoms with E-state index < -0.39 is 29.0 Å². The van der Waals surface area contributed by atoms with E-state index in [0.717, 1.165) is 17.8 Å². The molecular formula is C13H15N5O6S. The van der Waals surface area contributed by atoms with Crippen LogP contribution in [0.5, 0.6) is 0 Å². The molecule has 3 amide bonds. The average molecular weight is 369 g/mol. The molecule has 0 saturated carbocycles. The van der Waals surface area contributed by atoms with E-state index in [1.54, 1.807) is 0 Å². The van der Waals surface area contributed by atoms with Crippen LogP contribution in [0.2, 0.25) is 0 Å². The first-order chi connectivity index (χ1) is 11.9. The zero-order chi connectivity index (χ0) is 18.4. The number of thioether (sulfide) groups is 1. The smallest absolute Gasteiger partial charge is 0.337 e. The molecule has 25 heavy (non-hydrogen) atoms. The van der Waals surface area contributed by atoms with Gasteiger partial charge in [-0.15, -0.1) is 0 Å². The second-order valence-corrected chi connectivity index (χ2v) is 5.80. The summed E-state index contributed by atoms with van der Waals surface area (Å²) in [5.74, 6) is -2.45. The van der Waals surface area contributed by atoms with E-state index >= 15 is 0 Å². The maximum atomic E-state index is 12.0. The summed E-state index contributed by atoms with van der Waals surface area (Å²) in [4.78, 5) is 62.8. The summed E-state index contributed by atoms with van der Waals surface area (Å²) < 4.78 is 6.12. The predicted octanol–water partition coefficient (Wildman–Crippen LogP) is -1.74. The fraction of sp³-hybridized carbons (Fsp3) is 0.385. The molecule has 0 aromatic carbocycles. The van der Waals surface area contributed by atoms with Crippen molar-refractivity contribution < 1.29 is 19.1 Å². The Kier molecular flexibility index (Phi) is 6.25. The molecule has 1 aliphatic rings. The molecule has 0 unspecified atom stereocenters. The number of hydrogen-bond donors (Lipinski definition) is 3. The van der Waals surface area contributed by atoms with Crippen LogP contribution in [0.1, 0.15) is 6.42 Å². The van der Waals surface area contributed by atoms with Gasteiger partial charge in [0.25, 0.3) is 5.56 Å². The largest absolute Gasteiger partial charge is 0.385 e. The fourth-order valence-electron chi connectivity index (χ4n) is 1.92. The van der Waals surface area contributed by atoms with Crippen LogP contribution in [0.3, 0.4) is 0 Å². The van der Waals surface area contributed by atoms with Gasteiger partial charge in [-0.3, -0.25) is 34.0 Å². The van der Waals surface area contributed by atoms with E-state index in [0.29, 0.717) is 13.0 Å². The lowest BCUT2D eigenvalue weighted by molar-refractivity contribution is -0.135. The van der Waals surface area contributed by atoms with Crippen molar-refractivity contribution in [2.45, 2.75) is 13.0 Å². The van der Waals surface area contributed by atoms with E-state index in [-0.39, 0.29) is 23.3 Å². The molecular weight excluding hydrogens is 354 g/mol. The van der Waals surface area contributed by atoms with Gasteiger partial charge in [0.15, 0.2) is 5.17 Å². The van der Waals surface area contributed by atoms with Gasteiger partial charge < -0.3 is 10.1 Å². The van der Waals surface area contributed by atoms with Gasteiger partial charge in [0, 0.05) is 26.3 Å². The first-order valence-electron chi connectivity index (χ1n) is 7.10. The third-order valence-corrected chi connectivity index (χ3v) is 3.86. The number of anilines is 1. The van der Waals surface area contributed by atoms with E-state index in [9.17, 15) is 24.0 Å². The van der Waals surface area contributed by atoms with Gasteiger partial charge in [-0.1, -0.05) is 11.8 Å². The molecule has 134 valence electrons. The molecule has 1 aromatic rings. The molecule has 0 spiro atoms. The van der Waals surface area contributed by atoms with Crippen molar-refractivity contribution in [2.75, 3.05) is 24.8 Å². The number of nitrogens with zero attached hydrogens (tertiary/aromatic N) is 2. The van der Waals surface area contributed by atoms with Gasteiger partial charge in [-0.05, 0) is 6.42 Å². The van der Waals surface area contributed by atoms with Crippen molar-refractivity contribution in [3.8, 4) is 0 Å². The van der Waals surface area contributed by atoms with Crippen LogP contribution >= 0.6 is 11.8 Å². The monoisotopic (exact) mass is 369 g/mol. The molecule has 2 rings (SSSR count). The van der Waals surface area contributed by atoms with Crippen LogP contribution < -0.4 is 21.9 Å². The van der Waals surface area contributed by atoms with E-state index in [1.807, 2.05) is 0 Å². The highest BCUT2D eigenvalue weighted by molar-refractivity contribution is 8.14. The first kappa shape index (κ1) is 18.6. The van der Waals surface area contributed by atoms with E-state index in [4.69, 9.17) is 4.74 Å². The number of aromatic nitrogens is 2. The Morgan fingerprint density at radius 2 is 2.12 bits per heavy atom. The second kappa shape index (κ2) is 8.39. The van der Waals surface area contributed by atoms with Crippen molar-refractivity contribution in [2.24, 2.45) is 4.99 Å². The van der Waals surface area contributed by atoms with Crippen LogP contribution in [0.25, 0.3) is 0 Å². The topological polar surface area (TPSA) is 152 Å². The highest BCUT2D eigenvalue weighted by Crippen LogP contribution is 2.09. The van der Waals surface area contributed by atoms with Crippen LogP contribution in [-0.2, 0) is 25.7 Å². The van der Waals surface area contributed by atoms with Crippen LogP contribution in [0.15, 0.2) is 20.6 Å². The number of carbonyl (C=O) groups is 3. The highest BCUT2D eigenvalue weighted by Gasteiger charge is 2.24. The van der Waals surface area contributed by atoms with Crippen molar-refractivity contribution in [3.05, 3.63) is 26.9 Å². The third-order valence-electron chi connectivity index (χ3n) is 2.99. The van der Waals surface area contributed by atoms with Crippen molar-refractivity contribution in [3.63, 3.8) is 0 Å². The van der Waals surface area contributed by atoms with Crippen LogP contribution in [-0.4, -0.2) is 51.9 Å². The van der Waals surface area contributed by atoms with Crippen LogP contribution in [0, 0.1) is 0 Å². The molecule has 2 heterocycles. The Morgan fingerprint density at radius 1 is 1.36 bits per heavy atom. The summed E-state index contributed by atoms with van der Waals surface area (Å²) in [7, 11) is 1.52. The number of hydrogen-bond acceptors (Lipinski definition) is 7. The van der Waals surface area contributed by atoms with Gasteiger partial charge >= 0.3 is 17.5 Å². The first-order valence-corrected chi connectivity index (χ1v) is 8.09. The summed E-state index contributed by atoms with van der Waals surface area (Å²) in [5.41, 5.74) is -1.29. The number of aromatic amines is 1. The minimum atomic E-state index is -0.926. The zero-order valence-electron chi connectivity index (χ0n) is 13.2. The minimum Gasteiger partial charge on any atom is -0.385 e. The number of amidine groups is 1. The Balaban J connectivity index is 2.03. The van der Waals surface area contributed by atoms with Crippen molar-refractivity contribution in [1.82, 2.24) is 14.9 Å². The number of carbonyl (C=O) groups excluding carboxylic acids is 3. The molecule has 0 atom stereocenters. The summed E-state index contributed by atoms with van der Waals surface area (Å²) in [6.07, 6.45) is 0.505. The summed E-state index contributed by atoms with van der Waals surface area (Å²) in [6, 6.07) is 1.09. The molecule has 0 fully saturated rings. The maximum absolute atomic E-state index is 12.0. The van der Waals surface area contributed by atoms with Gasteiger partial charge in [-0.2, -0.15) is 4.99 Å². The summed E-state index contributed by atoms with van der Waals surface area (Å²) in [6.45, 7) is 0.645. The number of methoxy groups -OCH3 is 1. The van der Waals surface area contributed by atoms with Crippen molar-refractivity contribution in [1.29, 1.82) is 0 Å². The quantitative estimate of drug-likeness (QED) is 0.381. The molecule has 0 aliphatic carbocycles. The number of aliphatic imine (C=N–C) groups is 1. The summed E-state index contributed by atoms with van der Waals surface area (Å²) in [5, 5.41) is 4.68. The Labute approximate surface area is 144 Å². The standard InChI is InChI=1S/C13H15N5O6S/c1-24-4-2-3-18-7(5-8(19)15-13(18)23)14-9(20)6-25-12-16-10(21)11(22)17-12/h5H,2-4,6H2,1H3,(H,14,20)(H,15,19,23)(H,16,17,21,22). The number of ether oxygens (including phenoxy) is 1. The molecule has 0 radical (unpaired) electrons. The normalized spacial score (nSPS) is 13.6. The van der Waals surface area contributed by atoms with E-state index in [2.05, 4.69) is 20.6 Å². The summed E-state index contributed by atoms with van der Waals surface area (Å²) >= 11 is 0.846. The Morgan fingerprint density at radius 3 is 2.76 bits per heavy atom. The third kappa shape index (κ3) is 5.12. The van der Waals surface area contributed by atoms with Gasteiger partial charge in [0.2, 0.25) is 5.91 Å². The molecule has 11 nitrogen and oxygen atoms in total. The predicted molar refractivity (Wildman–Crippen MR) is 89.5 cm³/mol. The molecule has 1 aromatic heterocycles. The Hall–Kier alpha value is -2.73. The number of nitrogens with one attached hydrogen (secondary N) is 3. The highest BCUT2D eigenvalue weighted by atomic mass is 32.2. The minimum absolute atomic E-state index is 0.0218. The molecule has 3 N–H and O–H groups in total. The van der Waals surface area contributed by atoms with Crippen molar-refractivity contribution >= 4 is 40.5 Å². The SMILES string of the molecule is COCCCn1c(NC(=O)CSC2=NC(=O)C(=O)N2)cc(=O)[nH]c1=O. The lowest BCUT2D eigenvalue weighted by Gasteiger charge is -2.12. The molecule has 12 heteroatoms. The van der Waals surface area contributed by atoms with Gasteiger partial charge in [0.05, 0.1) is 5.75 Å². The lowest BCUT2D eigenvalue weighted by Crippen LogP contribution is -2.33. The Bertz CT molecular complexity index is 842. The lowest BCUT2D eigenvalue weighted by atomic mass is 10.4. The maximum Gasteiger partial charge on any atom is 0.337 e. The average Bonchev–Trinajstić information content (AvgIpc) is 2.86. The molecule has 1 aliphatic heterocycles. The number of rotatable bonds is 7. The zero-order valence-corrected chi connectivity index (χ0v) is 14.0. The number of H-pyrrole nitrogens is 1. The number of amides is 3. The van der Waals surface area contributed by atoms with Crippen LogP contribution in [0.4, 0.5) is 5.82 Å². The van der Waals surface area contributed by atoms with Gasteiger partial charge in [0.1, 0.15) is 5.82 Å². The molecule has 0 bridgehead atoms. The van der Waals surface area contributed by atoms with E-state index in [1.165, 1.54) is 11.7 Å². The second-order valence-electron chi connectivity index (χ2n) is 4.84. The fourth-order valence-corrected chi connectivity index (χ4v) is 2.57. The molecule has 0 saturated heterocycles.